The van der Waals surface area contributed by atoms with Gasteiger partial charge in [-0.2, -0.15) is 13.2 Å². The molecule has 1 aliphatic heterocycles. The summed E-state index contributed by atoms with van der Waals surface area (Å²) in [5, 5.41) is 57.1. The summed E-state index contributed by atoms with van der Waals surface area (Å²) < 4.78 is 44.2. The van der Waals surface area contributed by atoms with Gasteiger partial charge in [0.2, 0.25) is 5.78 Å². The number of hydrogen-bond donors (Lipinski definition) is 7. The van der Waals surface area contributed by atoms with Crippen molar-refractivity contribution in [1.82, 2.24) is 10.2 Å². The monoisotopic (exact) mass is 592 g/mol. The second kappa shape index (κ2) is 9.55. The van der Waals surface area contributed by atoms with E-state index in [1.807, 2.05) is 6.92 Å². The van der Waals surface area contributed by atoms with E-state index in [1.165, 1.54) is 7.05 Å². The molecule has 4 aliphatic rings. The minimum atomic E-state index is -4.87. The standard InChI is InChI=1S/C29H35F3N4O6/c1-5-6-15(35-4)13-8-16(37)18-14(20(13)29(30,31)32)7-12-9-27-10-36(11(2)3)24(27)22(39)19(26(34)41)23(33)28(27,42)25(40)17(12)21(18)38/h8,11-12,15,24,33,35,37-39,42H,5-7,9-10H2,1-4H3,(H2,34,41)/t12-,15?,24+,27+,28+/m0/s1. The Labute approximate surface area is 240 Å². The van der Waals surface area contributed by atoms with E-state index in [1.54, 1.807) is 18.7 Å². The first-order chi connectivity index (χ1) is 19.5. The average Bonchev–Trinajstić information content (AvgIpc) is 2.85. The smallest absolute Gasteiger partial charge is 0.417 e. The Morgan fingerprint density at radius 3 is 2.45 bits per heavy atom. The number of primary amides is 1. The first-order valence-electron chi connectivity index (χ1n) is 13.9. The number of Topliss-reactive ketones (excluding diaryl/α,β-unsaturated/α-hetero) is 1. The van der Waals surface area contributed by atoms with Gasteiger partial charge in [-0.15, -0.1) is 0 Å². The molecule has 2 fully saturated rings. The number of nitrogens with two attached hydrogens (primary N) is 1. The summed E-state index contributed by atoms with van der Waals surface area (Å²) in [5.74, 6) is -5.59. The van der Waals surface area contributed by atoms with Crippen LogP contribution in [0.5, 0.6) is 5.75 Å². The zero-order chi connectivity index (χ0) is 31.3. The third-order valence-electron chi connectivity index (χ3n) is 9.64. The van der Waals surface area contributed by atoms with Crippen LogP contribution < -0.4 is 11.1 Å². The van der Waals surface area contributed by atoms with Crippen molar-refractivity contribution in [3.8, 4) is 5.75 Å². The number of phenols is 1. The molecule has 1 aromatic rings. The fraction of sp³-hybridized carbons (Fsp3) is 0.552. The van der Waals surface area contributed by atoms with Crippen molar-refractivity contribution in [1.29, 1.82) is 5.41 Å². The van der Waals surface area contributed by atoms with Crippen molar-refractivity contribution in [2.75, 3.05) is 13.6 Å². The lowest BCUT2D eigenvalue weighted by Gasteiger charge is -2.68. The number of nitrogens with zero attached hydrogens (tertiary/aromatic N) is 1. The average molecular weight is 593 g/mol. The Hall–Kier alpha value is -3.42. The molecule has 1 saturated heterocycles. The van der Waals surface area contributed by atoms with Gasteiger partial charge in [-0.05, 0) is 63.3 Å². The molecular formula is C29H35F3N4O6. The molecule has 1 spiro atoms. The highest BCUT2D eigenvalue weighted by atomic mass is 19.4. The minimum absolute atomic E-state index is 0.0107. The van der Waals surface area contributed by atoms with Crippen LogP contribution in [0.4, 0.5) is 13.2 Å². The Kier molecular flexibility index (Phi) is 6.83. The number of benzene rings is 1. The van der Waals surface area contributed by atoms with Crippen molar-refractivity contribution in [3.05, 3.63) is 45.2 Å². The Bertz CT molecular complexity index is 1480. The van der Waals surface area contributed by atoms with Gasteiger partial charge in [0.1, 0.15) is 22.8 Å². The Morgan fingerprint density at radius 1 is 1.29 bits per heavy atom. The highest BCUT2D eigenvalue weighted by Gasteiger charge is 2.76. The lowest BCUT2D eigenvalue weighted by atomic mass is 9.45. The number of ketones is 1. The molecule has 1 aromatic carbocycles. The van der Waals surface area contributed by atoms with E-state index in [0.29, 0.717) is 12.8 Å². The van der Waals surface area contributed by atoms with Crippen LogP contribution in [0.25, 0.3) is 5.76 Å². The number of halogens is 3. The fourth-order valence-corrected chi connectivity index (χ4v) is 7.87. The number of aliphatic hydroxyl groups excluding tert-OH is 2. The molecule has 42 heavy (non-hydrogen) atoms. The first kappa shape index (κ1) is 30.1. The van der Waals surface area contributed by atoms with E-state index >= 15 is 0 Å². The van der Waals surface area contributed by atoms with Crippen LogP contribution in [0.3, 0.4) is 0 Å². The molecule has 8 N–H and O–H groups in total. The topological polar surface area (TPSA) is 180 Å². The van der Waals surface area contributed by atoms with E-state index in [-0.39, 0.29) is 30.1 Å². The number of hydrogen-bond acceptors (Lipinski definition) is 9. The summed E-state index contributed by atoms with van der Waals surface area (Å²) in [6, 6.07) is -1.17. The van der Waals surface area contributed by atoms with E-state index in [9.17, 15) is 43.2 Å². The van der Waals surface area contributed by atoms with Gasteiger partial charge in [-0.1, -0.05) is 13.3 Å². The van der Waals surface area contributed by atoms with Crippen LogP contribution in [0.2, 0.25) is 0 Å². The predicted octanol–water partition coefficient (Wildman–Crippen LogP) is 3.03. The van der Waals surface area contributed by atoms with Gasteiger partial charge in [0.15, 0.2) is 5.60 Å². The number of amides is 1. The van der Waals surface area contributed by atoms with E-state index in [0.717, 1.165) is 6.07 Å². The predicted molar refractivity (Wildman–Crippen MR) is 146 cm³/mol. The number of fused-ring (bicyclic) bond motifs is 2. The van der Waals surface area contributed by atoms with Gasteiger partial charge in [0.05, 0.1) is 22.9 Å². The van der Waals surface area contributed by atoms with Crippen LogP contribution in [-0.4, -0.2) is 74.0 Å². The van der Waals surface area contributed by atoms with Gasteiger partial charge in [0.25, 0.3) is 5.91 Å². The number of carbonyl (C=O) groups excluding carboxylic acids is 2. The molecule has 1 unspecified atom stereocenters. The second-order valence-corrected chi connectivity index (χ2v) is 12.1. The molecule has 0 aromatic heterocycles. The zero-order valence-electron chi connectivity index (χ0n) is 23.7. The van der Waals surface area contributed by atoms with Gasteiger partial charge >= 0.3 is 6.18 Å². The molecule has 0 radical (unpaired) electrons. The number of carbonyl (C=O) groups is 2. The number of alkyl halides is 3. The third kappa shape index (κ3) is 3.65. The van der Waals surface area contributed by atoms with Crippen molar-refractivity contribution < 1.29 is 43.2 Å². The lowest BCUT2D eigenvalue weighted by molar-refractivity contribution is -0.201. The van der Waals surface area contributed by atoms with Crippen LogP contribution in [0.1, 0.15) is 68.3 Å². The largest absolute Gasteiger partial charge is 0.510 e. The highest BCUT2D eigenvalue weighted by Crippen LogP contribution is 2.63. The summed E-state index contributed by atoms with van der Waals surface area (Å²) in [5.41, 5.74) is -3.02. The summed E-state index contributed by atoms with van der Waals surface area (Å²) in [6.45, 7) is 5.38. The second-order valence-electron chi connectivity index (χ2n) is 12.1. The SMILES string of the molecule is CCCC(NC)c1cc(O)c2c(c1C(F)(F)F)C[C@H]1C[C@@]34CN(C(C)C)[C@@H]3C(O)=C(C(N)=O)C(=N)[C@@]4(O)C(=O)C1=C2O. The van der Waals surface area contributed by atoms with Crippen LogP contribution >= 0.6 is 0 Å². The maximum atomic E-state index is 14.7. The summed E-state index contributed by atoms with van der Waals surface area (Å²) >= 11 is 0. The molecule has 5 atom stereocenters. The Morgan fingerprint density at radius 2 is 1.93 bits per heavy atom. The number of rotatable bonds is 6. The molecule has 13 heteroatoms. The minimum Gasteiger partial charge on any atom is -0.510 e. The number of nitrogens with one attached hydrogen (secondary N) is 2. The molecule has 228 valence electrons. The van der Waals surface area contributed by atoms with Crippen molar-refractivity contribution in [3.63, 3.8) is 0 Å². The summed E-state index contributed by atoms with van der Waals surface area (Å²) in [4.78, 5) is 28.2. The maximum absolute atomic E-state index is 14.7. The molecule has 3 aliphatic carbocycles. The van der Waals surface area contributed by atoms with Gasteiger partial charge in [-0.25, -0.2) is 0 Å². The van der Waals surface area contributed by atoms with Crippen LogP contribution in [-0.2, 0) is 22.2 Å². The van der Waals surface area contributed by atoms with Crippen molar-refractivity contribution in [2.45, 2.75) is 76.4 Å². The number of phenolic OH excluding ortho intramolecular Hbond substituents is 1. The fourth-order valence-electron chi connectivity index (χ4n) is 7.87. The third-order valence-corrected chi connectivity index (χ3v) is 9.64. The number of aromatic hydroxyl groups is 1. The first-order valence-corrected chi connectivity index (χ1v) is 13.9. The quantitative estimate of drug-likeness (QED) is 0.263. The van der Waals surface area contributed by atoms with Gasteiger partial charge in [-0.3, -0.25) is 14.5 Å². The molecule has 0 bridgehead atoms. The van der Waals surface area contributed by atoms with E-state index < -0.39 is 98.6 Å². The van der Waals surface area contributed by atoms with Crippen LogP contribution in [0, 0.1) is 16.7 Å². The molecule has 1 heterocycles. The van der Waals surface area contributed by atoms with E-state index in [4.69, 9.17) is 11.1 Å². The summed E-state index contributed by atoms with van der Waals surface area (Å²) in [7, 11) is 1.52. The Balaban J connectivity index is 1.77. The molecular weight excluding hydrogens is 557 g/mol. The van der Waals surface area contributed by atoms with Crippen LogP contribution in [0.15, 0.2) is 23.0 Å². The highest BCUT2D eigenvalue weighted by molar-refractivity contribution is 6.34. The molecule has 1 amide bonds. The number of aliphatic hydroxyl groups is 3. The molecule has 1 saturated carbocycles. The normalized spacial score (nSPS) is 30.0. The van der Waals surface area contributed by atoms with Gasteiger partial charge in [0, 0.05) is 29.6 Å². The van der Waals surface area contributed by atoms with Gasteiger partial charge < -0.3 is 36.9 Å². The molecule has 10 nitrogen and oxygen atoms in total. The molecule has 5 rings (SSSR count). The van der Waals surface area contributed by atoms with Crippen molar-refractivity contribution >= 4 is 23.2 Å². The summed E-state index contributed by atoms with van der Waals surface area (Å²) in [6.07, 6.45) is -4.56. The zero-order valence-corrected chi connectivity index (χ0v) is 23.7. The van der Waals surface area contributed by atoms with E-state index in [2.05, 4.69) is 5.32 Å². The maximum Gasteiger partial charge on any atom is 0.417 e. The van der Waals surface area contributed by atoms with Crippen molar-refractivity contribution in [2.24, 2.45) is 17.1 Å². The number of likely N-dealkylation sites (tertiary alicyclic amines) is 1. The lowest BCUT2D eigenvalue weighted by Crippen LogP contribution is -2.83.